The van der Waals surface area contributed by atoms with Crippen LogP contribution in [0.15, 0.2) is 78.5 Å². The van der Waals surface area contributed by atoms with E-state index in [1.165, 1.54) is 6.08 Å². The maximum atomic E-state index is 12.4. The van der Waals surface area contributed by atoms with E-state index in [4.69, 9.17) is 9.47 Å². The summed E-state index contributed by atoms with van der Waals surface area (Å²) < 4.78 is 12.7. The van der Waals surface area contributed by atoms with Crippen LogP contribution in [-0.2, 0) is 11.4 Å². The largest absolute Gasteiger partial charge is 0.490 e. The van der Waals surface area contributed by atoms with Gasteiger partial charge in [0.05, 0.1) is 6.61 Å². The zero-order valence-electron chi connectivity index (χ0n) is 17.4. The van der Waals surface area contributed by atoms with Crippen molar-refractivity contribution >= 4 is 40.5 Å². The van der Waals surface area contributed by atoms with Gasteiger partial charge in [0, 0.05) is 9.13 Å². The molecule has 2 N–H and O–H groups in total. The molecule has 0 aliphatic heterocycles. The van der Waals surface area contributed by atoms with Crippen molar-refractivity contribution in [2.45, 2.75) is 13.5 Å². The number of amides is 1. The average molecular weight is 543 g/mol. The monoisotopic (exact) mass is 543 g/mol. The van der Waals surface area contributed by atoms with Gasteiger partial charge in [-0.25, -0.2) is 4.79 Å². The summed E-state index contributed by atoms with van der Waals surface area (Å²) in [5.74, 6) is -0.702. The lowest BCUT2D eigenvalue weighted by molar-refractivity contribution is -0.132. The Morgan fingerprint density at radius 1 is 0.969 bits per heavy atom. The van der Waals surface area contributed by atoms with E-state index in [0.29, 0.717) is 35.8 Å². The van der Waals surface area contributed by atoms with Crippen molar-refractivity contribution in [2.24, 2.45) is 0 Å². The molecule has 3 aromatic carbocycles. The van der Waals surface area contributed by atoms with Crippen LogP contribution in [0.3, 0.4) is 0 Å². The van der Waals surface area contributed by atoms with Gasteiger partial charge < -0.3 is 19.9 Å². The van der Waals surface area contributed by atoms with Gasteiger partial charge in [0.15, 0.2) is 11.5 Å². The highest BCUT2D eigenvalue weighted by atomic mass is 127. The highest BCUT2D eigenvalue weighted by Gasteiger charge is 2.14. The first kappa shape index (κ1) is 23.3. The molecule has 0 spiro atoms. The standard InChI is InChI=1S/C25H22INO5/c1-2-31-23-15-17(11-12-22(23)32-16-18-7-6-10-20(26)13-18)14-21(25(29)30)27-24(28)19-8-4-3-5-9-19/h3-15H,2,16H2,1H3,(H,27,28)(H,29,30). The molecule has 0 fully saturated rings. The summed E-state index contributed by atoms with van der Waals surface area (Å²) in [5, 5.41) is 12.0. The van der Waals surface area contributed by atoms with E-state index in [1.54, 1.807) is 48.5 Å². The Labute approximate surface area is 200 Å². The Hall–Kier alpha value is -3.33. The van der Waals surface area contributed by atoms with Gasteiger partial charge in [0.25, 0.3) is 5.91 Å². The van der Waals surface area contributed by atoms with Gasteiger partial charge >= 0.3 is 5.97 Å². The molecule has 0 unspecified atom stereocenters. The van der Waals surface area contributed by atoms with Crippen LogP contribution < -0.4 is 14.8 Å². The first-order chi connectivity index (χ1) is 15.5. The number of carboxylic acids is 1. The average Bonchev–Trinajstić information content (AvgIpc) is 2.79. The fourth-order valence-electron chi connectivity index (χ4n) is 2.89. The highest BCUT2D eigenvalue weighted by Crippen LogP contribution is 2.30. The first-order valence-corrected chi connectivity index (χ1v) is 11.0. The van der Waals surface area contributed by atoms with E-state index in [9.17, 15) is 14.7 Å². The highest BCUT2D eigenvalue weighted by molar-refractivity contribution is 14.1. The molecule has 0 aromatic heterocycles. The zero-order valence-corrected chi connectivity index (χ0v) is 19.5. The number of hydrogen-bond acceptors (Lipinski definition) is 4. The van der Waals surface area contributed by atoms with Crippen molar-refractivity contribution in [3.05, 3.63) is 98.8 Å². The van der Waals surface area contributed by atoms with Gasteiger partial charge in [-0.1, -0.05) is 36.4 Å². The number of carbonyl (C=O) groups is 2. The summed E-state index contributed by atoms with van der Waals surface area (Å²) in [6.45, 7) is 2.65. The van der Waals surface area contributed by atoms with E-state index in [0.717, 1.165) is 9.13 Å². The predicted octanol–water partition coefficient (Wildman–Crippen LogP) is 5.12. The smallest absolute Gasteiger partial charge is 0.352 e. The third-order valence-corrected chi connectivity index (χ3v) is 5.05. The molecule has 0 saturated carbocycles. The fourth-order valence-corrected chi connectivity index (χ4v) is 3.50. The van der Waals surface area contributed by atoms with Crippen molar-refractivity contribution in [1.29, 1.82) is 0 Å². The molecule has 0 aliphatic rings. The number of benzene rings is 3. The summed E-state index contributed by atoms with van der Waals surface area (Å²) in [6.07, 6.45) is 1.38. The molecule has 0 atom stereocenters. The Bertz CT molecular complexity index is 1130. The number of aliphatic carboxylic acids is 1. The van der Waals surface area contributed by atoms with Crippen LogP contribution in [-0.4, -0.2) is 23.6 Å². The van der Waals surface area contributed by atoms with Gasteiger partial charge in [0.2, 0.25) is 0 Å². The molecule has 0 heterocycles. The molecule has 0 saturated heterocycles. The lowest BCUT2D eigenvalue weighted by Crippen LogP contribution is -2.27. The van der Waals surface area contributed by atoms with Crippen LogP contribution in [0.2, 0.25) is 0 Å². The molecule has 7 heteroatoms. The lowest BCUT2D eigenvalue weighted by atomic mass is 10.1. The molecular weight excluding hydrogens is 521 g/mol. The quantitative estimate of drug-likeness (QED) is 0.289. The van der Waals surface area contributed by atoms with Crippen molar-refractivity contribution in [3.63, 3.8) is 0 Å². The lowest BCUT2D eigenvalue weighted by Gasteiger charge is -2.13. The molecule has 3 aromatic rings. The molecule has 6 nitrogen and oxygen atoms in total. The van der Waals surface area contributed by atoms with E-state index < -0.39 is 11.9 Å². The Kier molecular flexibility index (Phi) is 8.27. The Balaban J connectivity index is 1.80. The molecule has 0 aliphatic carbocycles. The van der Waals surface area contributed by atoms with Crippen molar-refractivity contribution < 1.29 is 24.2 Å². The van der Waals surface area contributed by atoms with Crippen LogP contribution in [0, 0.1) is 3.57 Å². The summed E-state index contributed by atoms with van der Waals surface area (Å²) in [6, 6.07) is 21.5. The molecule has 164 valence electrons. The summed E-state index contributed by atoms with van der Waals surface area (Å²) in [4.78, 5) is 24.1. The summed E-state index contributed by atoms with van der Waals surface area (Å²) >= 11 is 2.25. The second-order valence-electron chi connectivity index (χ2n) is 6.74. The number of ether oxygens (including phenoxy) is 2. The minimum Gasteiger partial charge on any atom is -0.490 e. The summed E-state index contributed by atoms with van der Waals surface area (Å²) in [7, 11) is 0. The van der Waals surface area contributed by atoms with Gasteiger partial charge in [0.1, 0.15) is 12.3 Å². The third-order valence-electron chi connectivity index (χ3n) is 4.38. The minimum absolute atomic E-state index is 0.242. The van der Waals surface area contributed by atoms with Gasteiger partial charge in [-0.2, -0.15) is 0 Å². The van der Waals surface area contributed by atoms with Crippen LogP contribution in [0.5, 0.6) is 11.5 Å². The molecule has 32 heavy (non-hydrogen) atoms. The van der Waals surface area contributed by atoms with Crippen molar-refractivity contribution in [3.8, 4) is 11.5 Å². The Morgan fingerprint density at radius 3 is 2.44 bits per heavy atom. The first-order valence-electron chi connectivity index (χ1n) is 9.91. The Morgan fingerprint density at radius 2 is 1.75 bits per heavy atom. The molecule has 0 bridgehead atoms. The number of rotatable bonds is 9. The topological polar surface area (TPSA) is 84.9 Å². The van der Waals surface area contributed by atoms with Crippen LogP contribution >= 0.6 is 22.6 Å². The van der Waals surface area contributed by atoms with E-state index in [2.05, 4.69) is 27.9 Å². The second-order valence-corrected chi connectivity index (χ2v) is 7.99. The summed E-state index contributed by atoms with van der Waals surface area (Å²) in [5.41, 5.74) is 1.71. The van der Waals surface area contributed by atoms with Crippen LogP contribution in [0.25, 0.3) is 6.08 Å². The van der Waals surface area contributed by atoms with Gasteiger partial charge in [-0.15, -0.1) is 0 Å². The zero-order chi connectivity index (χ0) is 22.9. The number of hydrogen-bond donors (Lipinski definition) is 2. The number of carboxylic acid groups (broad SMARTS) is 1. The molecule has 0 radical (unpaired) electrons. The third kappa shape index (κ3) is 6.58. The number of nitrogens with one attached hydrogen (secondary N) is 1. The molecule has 3 rings (SSSR count). The van der Waals surface area contributed by atoms with Crippen LogP contribution in [0.4, 0.5) is 0 Å². The molecular formula is C25H22INO5. The fraction of sp³-hybridized carbons (Fsp3) is 0.120. The SMILES string of the molecule is CCOc1cc(C=C(NC(=O)c2ccccc2)C(=O)O)ccc1OCc1cccc(I)c1. The van der Waals surface area contributed by atoms with Gasteiger partial charge in [-0.05, 0) is 83.1 Å². The number of carbonyl (C=O) groups excluding carboxylic acids is 1. The molecule has 1 amide bonds. The minimum atomic E-state index is -1.24. The van der Waals surface area contributed by atoms with E-state index >= 15 is 0 Å². The normalized spacial score (nSPS) is 11.0. The van der Waals surface area contributed by atoms with Crippen molar-refractivity contribution in [1.82, 2.24) is 5.32 Å². The maximum absolute atomic E-state index is 12.4. The second kappa shape index (κ2) is 11.3. The van der Waals surface area contributed by atoms with Crippen LogP contribution in [0.1, 0.15) is 28.4 Å². The van der Waals surface area contributed by atoms with E-state index in [1.807, 2.05) is 31.2 Å². The van der Waals surface area contributed by atoms with Crippen molar-refractivity contribution in [2.75, 3.05) is 6.61 Å². The number of halogens is 1. The maximum Gasteiger partial charge on any atom is 0.352 e. The van der Waals surface area contributed by atoms with Gasteiger partial charge in [-0.3, -0.25) is 4.79 Å². The van der Waals surface area contributed by atoms with E-state index in [-0.39, 0.29) is 5.70 Å². The predicted molar refractivity (Wildman–Crippen MR) is 131 cm³/mol.